The molecule has 0 bridgehead atoms. The van der Waals surface area contributed by atoms with Crippen LogP contribution >= 0.6 is 15.9 Å². The molecule has 0 aliphatic carbocycles. The molecule has 0 atom stereocenters. The molecule has 1 aromatic carbocycles. The number of carbonyl (C=O) groups is 1. The smallest absolute Gasteiger partial charge is 0.224 e. The molecule has 1 aliphatic rings. The van der Waals surface area contributed by atoms with Crippen LogP contribution in [-0.2, 0) is 11.2 Å². The minimum absolute atomic E-state index is 0.117. The number of hydrogen-bond acceptors (Lipinski definition) is 2. The minimum Gasteiger partial charge on any atom is -0.356 e. The second-order valence-corrected chi connectivity index (χ2v) is 5.72. The monoisotopic (exact) mass is 310 g/mol. The van der Waals surface area contributed by atoms with E-state index >= 15 is 0 Å². The van der Waals surface area contributed by atoms with Crippen molar-refractivity contribution >= 4 is 21.8 Å². The van der Waals surface area contributed by atoms with Gasteiger partial charge in [-0.1, -0.05) is 28.1 Å². The summed E-state index contributed by atoms with van der Waals surface area (Å²) in [7, 11) is 0. The van der Waals surface area contributed by atoms with Gasteiger partial charge >= 0.3 is 0 Å². The van der Waals surface area contributed by atoms with Gasteiger partial charge in [0, 0.05) is 11.0 Å². The average Bonchev–Trinajstić information content (AvgIpc) is 2.38. The molecule has 1 aliphatic heterocycles. The first-order chi connectivity index (χ1) is 8.74. The van der Waals surface area contributed by atoms with Gasteiger partial charge in [-0.2, -0.15) is 0 Å². The lowest BCUT2D eigenvalue weighted by molar-refractivity contribution is -0.120. The molecular weight excluding hydrogens is 292 g/mol. The molecule has 4 heteroatoms. The quantitative estimate of drug-likeness (QED) is 0.894. The molecule has 0 unspecified atom stereocenters. The summed E-state index contributed by atoms with van der Waals surface area (Å²) in [6.07, 6.45) is 2.79. The van der Waals surface area contributed by atoms with Crippen molar-refractivity contribution in [2.24, 2.45) is 5.92 Å². The normalized spacial score (nSPS) is 16.5. The zero-order valence-corrected chi connectivity index (χ0v) is 12.0. The molecule has 98 valence electrons. The third-order valence-electron chi connectivity index (χ3n) is 3.30. The molecule has 1 heterocycles. The second kappa shape index (κ2) is 6.90. The summed E-state index contributed by atoms with van der Waals surface area (Å²) in [5.74, 6) is 0.754. The van der Waals surface area contributed by atoms with E-state index < -0.39 is 0 Å². The Bertz CT molecular complexity index is 403. The summed E-state index contributed by atoms with van der Waals surface area (Å²) in [6, 6.07) is 7.90. The van der Waals surface area contributed by atoms with Crippen LogP contribution in [0.1, 0.15) is 18.4 Å². The van der Waals surface area contributed by atoms with E-state index in [0.717, 1.165) is 42.5 Å². The van der Waals surface area contributed by atoms with Gasteiger partial charge in [0.1, 0.15) is 0 Å². The summed E-state index contributed by atoms with van der Waals surface area (Å²) in [5.41, 5.74) is 1.05. The Morgan fingerprint density at radius 3 is 2.89 bits per heavy atom. The van der Waals surface area contributed by atoms with Gasteiger partial charge in [-0.05, 0) is 49.5 Å². The largest absolute Gasteiger partial charge is 0.356 e. The van der Waals surface area contributed by atoms with Crippen molar-refractivity contribution in [3.8, 4) is 0 Å². The second-order valence-electron chi connectivity index (χ2n) is 4.80. The van der Waals surface area contributed by atoms with Crippen LogP contribution in [0, 0.1) is 5.92 Å². The zero-order valence-electron chi connectivity index (χ0n) is 10.4. The van der Waals surface area contributed by atoms with Gasteiger partial charge in [-0.25, -0.2) is 0 Å². The Labute approximate surface area is 116 Å². The van der Waals surface area contributed by atoms with E-state index in [2.05, 4.69) is 26.6 Å². The highest BCUT2D eigenvalue weighted by Gasteiger charge is 2.13. The van der Waals surface area contributed by atoms with Crippen molar-refractivity contribution in [3.05, 3.63) is 34.3 Å². The first-order valence-corrected chi connectivity index (χ1v) is 7.25. The number of nitrogens with one attached hydrogen (secondary N) is 2. The predicted molar refractivity (Wildman–Crippen MR) is 76.4 cm³/mol. The summed E-state index contributed by atoms with van der Waals surface area (Å²) in [4.78, 5) is 11.8. The Morgan fingerprint density at radius 1 is 1.39 bits per heavy atom. The topological polar surface area (TPSA) is 41.1 Å². The number of hydrogen-bond donors (Lipinski definition) is 2. The van der Waals surface area contributed by atoms with Crippen LogP contribution in [0.15, 0.2) is 28.7 Å². The van der Waals surface area contributed by atoms with E-state index in [4.69, 9.17) is 0 Å². The van der Waals surface area contributed by atoms with Crippen LogP contribution in [0.2, 0.25) is 0 Å². The number of carbonyl (C=O) groups excluding carboxylic acids is 1. The fourth-order valence-corrected chi connectivity index (χ4v) is 2.69. The van der Waals surface area contributed by atoms with Gasteiger partial charge in [0.2, 0.25) is 5.91 Å². The van der Waals surface area contributed by atoms with E-state index in [1.54, 1.807) is 0 Å². The van der Waals surface area contributed by atoms with Crippen molar-refractivity contribution in [3.63, 3.8) is 0 Å². The number of halogens is 1. The molecular formula is C14H19BrN2O. The Morgan fingerprint density at radius 2 is 2.17 bits per heavy atom. The van der Waals surface area contributed by atoms with Crippen LogP contribution in [-0.4, -0.2) is 25.5 Å². The maximum atomic E-state index is 11.8. The molecule has 1 aromatic rings. The lowest BCUT2D eigenvalue weighted by atomic mass is 9.98. The highest BCUT2D eigenvalue weighted by atomic mass is 79.9. The lowest BCUT2D eigenvalue weighted by Gasteiger charge is -2.22. The summed E-state index contributed by atoms with van der Waals surface area (Å²) < 4.78 is 1.02. The van der Waals surface area contributed by atoms with Crippen molar-refractivity contribution in [1.82, 2.24) is 10.6 Å². The SMILES string of the molecule is O=C(Cc1cccc(Br)c1)NCC1CCNCC1. The van der Waals surface area contributed by atoms with Crippen molar-refractivity contribution in [2.45, 2.75) is 19.3 Å². The van der Waals surface area contributed by atoms with Gasteiger partial charge in [-0.3, -0.25) is 4.79 Å². The standard InChI is InChI=1S/C14H19BrN2O/c15-13-3-1-2-12(8-13)9-14(18)17-10-11-4-6-16-7-5-11/h1-3,8,11,16H,4-7,9-10H2,(H,17,18). The third-order valence-corrected chi connectivity index (χ3v) is 3.79. The summed E-state index contributed by atoms with van der Waals surface area (Å²) >= 11 is 3.41. The number of benzene rings is 1. The molecule has 1 fully saturated rings. The molecule has 1 saturated heterocycles. The van der Waals surface area contributed by atoms with E-state index in [0.29, 0.717) is 12.3 Å². The van der Waals surface area contributed by atoms with Gasteiger partial charge < -0.3 is 10.6 Å². The van der Waals surface area contributed by atoms with Crippen LogP contribution in [0.25, 0.3) is 0 Å². The molecule has 1 amide bonds. The zero-order chi connectivity index (χ0) is 12.8. The number of piperidine rings is 1. The summed E-state index contributed by atoms with van der Waals surface area (Å²) in [6.45, 7) is 2.97. The van der Waals surface area contributed by atoms with E-state index in [1.165, 1.54) is 0 Å². The van der Waals surface area contributed by atoms with Gasteiger partial charge in [-0.15, -0.1) is 0 Å². The van der Waals surface area contributed by atoms with Crippen molar-refractivity contribution < 1.29 is 4.79 Å². The van der Waals surface area contributed by atoms with Gasteiger partial charge in [0.25, 0.3) is 0 Å². The van der Waals surface area contributed by atoms with E-state index in [1.807, 2.05) is 24.3 Å². The Kier molecular flexibility index (Phi) is 5.20. The highest BCUT2D eigenvalue weighted by molar-refractivity contribution is 9.10. The maximum absolute atomic E-state index is 11.8. The van der Waals surface area contributed by atoms with Crippen LogP contribution < -0.4 is 10.6 Å². The summed E-state index contributed by atoms with van der Waals surface area (Å²) in [5, 5.41) is 6.37. The molecule has 18 heavy (non-hydrogen) atoms. The fraction of sp³-hybridized carbons (Fsp3) is 0.500. The van der Waals surface area contributed by atoms with Gasteiger partial charge in [0.15, 0.2) is 0 Å². The molecule has 2 rings (SSSR count). The fourth-order valence-electron chi connectivity index (χ4n) is 2.24. The minimum atomic E-state index is 0.117. The third kappa shape index (κ3) is 4.42. The van der Waals surface area contributed by atoms with Gasteiger partial charge in [0.05, 0.1) is 6.42 Å². The first-order valence-electron chi connectivity index (χ1n) is 6.46. The van der Waals surface area contributed by atoms with Crippen LogP contribution in [0.4, 0.5) is 0 Å². The number of amides is 1. The molecule has 0 saturated carbocycles. The van der Waals surface area contributed by atoms with Crippen molar-refractivity contribution in [2.75, 3.05) is 19.6 Å². The Hall–Kier alpha value is -0.870. The Balaban J connectivity index is 1.74. The predicted octanol–water partition coefficient (Wildman–Crippen LogP) is 2.11. The van der Waals surface area contributed by atoms with E-state index in [9.17, 15) is 4.79 Å². The van der Waals surface area contributed by atoms with Crippen LogP contribution in [0.3, 0.4) is 0 Å². The molecule has 0 radical (unpaired) electrons. The lowest BCUT2D eigenvalue weighted by Crippen LogP contribution is -2.36. The van der Waals surface area contributed by atoms with Crippen molar-refractivity contribution in [1.29, 1.82) is 0 Å². The molecule has 2 N–H and O–H groups in total. The molecule has 0 spiro atoms. The molecule has 0 aromatic heterocycles. The first kappa shape index (κ1) is 13.6. The molecule has 3 nitrogen and oxygen atoms in total. The average molecular weight is 311 g/mol. The van der Waals surface area contributed by atoms with E-state index in [-0.39, 0.29) is 5.91 Å². The van der Waals surface area contributed by atoms with Crippen LogP contribution in [0.5, 0.6) is 0 Å². The maximum Gasteiger partial charge on any atom is 0.224 e. The number of rotatable bonds is 4. The highest BCUT2D eigenvalue weighted by Crippen LogP contribution is 2.12.